The molecule has 0 fully saturated rings. The van der Waals surface area contributed by atoms with Gasteiger partial charge in [-0.15, -0.1) is 0 Å². The molecule has 0 spiro atoms. The van der Waals surface area contributed by atoms with Gasteiger partial charge in [0.1, 0.15) is 6.61 Å². The zero-order chi connectivity index (χ0) is 46.3. The van der Waals surface area contributed by atoms with Gasteiger partial charge in [0, 0.05) is 19.4 Å². The lowest BCUT2D eigenvalue weighted by Crippen LogP contribution is -2.30. The largest absolute Gasteiger partial charge is 0.462 e. The molecular formula is C59H112O5. The minimum Gasteiger partial charge on any atom is -0.462 e. The van der Waals surface area contributed by atoms with E-state index in [1.54, 1.807) is 0 Å². The van der Waals surface area contributed by atoms with E-state index in [9.17, 15) is 9.59 Å². The molecule has 0 amide bonds. The molecule has 0 rings (SSSR count). The number of allylic oxidation sites excluding steroid dienone is 4. The Balaban J connectivity index is 4.24. The third-order valence-corrected chi connectivity index (χ3v) is 13.0. The highest BCUT2D eigenvalue weighted by molar-refractivity contribution is 5.70. The molecule has 0 aromatic carbocycles. The number of rotatable bonds is 54. The minimum atomic E-state index is -0.536. The van der Waals surface area contributed by atoms with E-state index in [0.29, 0.717) is 26.1 Å². The summed E-state index contributed by atoms with van der Waals surface area (Å²) in [5.41, 5.74) is 0. The van der Waals surface area contributed by atoms with E-state index >= 15 is 0 Å². The second-order valence-corrected chi connectivity index (χ2v) is 19.5. The summed E-state index contributed by atoms with van der Waals surface area (Å²) in [6.07, 6.45) is 66.2. The second kappa shape index (κ2) is 55.7. The standard InChI is InChI=1S/C59H112O5/c1-4-7-10-13-16-19-22-25-28-30-32-34-37-40-43-46-49-52-58(60)63-56-57(55-62-54-51-48-45-42-39-36-33-29-26-23-20-17-14-11-8-5-2)64-59(61)53-50-47-44-41-38-35-31-27-24-21-18-15-12-9-6-3/h25,27-28,31,57H,4-24,26,29-30,32-56H2,1-3H3/b28-25-,31-27-. The highest BCUT2D eigenvalue weighted by Gasteiger charge is 2.17. The lowest BCUT2D eigenvalue weighted by Gasteiger charge is -2.18. The van der Waals surface area contributed by atoms with E-state index < -0.39 is 6.10 Å². The van der Waals surface area contributed by atoms with Gasteiger partial charge in [-0.25, -0.2) is 0 Å². The molecule has 5 nitrogen and oxygen atoms in total. The van der Waals surface area contributed by atoms with Crippen molar-refractivity contribution in [3.05, 3.63) is 24.3 Å². The fourth-order valence-electron chi connectivity index (χ4n) is 8.62. The molecule has 1 unspecified atom stereocenters. The van der Waals surface area contributed by atoms with Crippen LogP contribution in [0.15, 0.2) is 24.3 Å². The molecule has 0 radical (unpaired) electrons. The van der Waals surface area contributed by atoms with Crippen LogP contribution in [0.2, 0.25) is 0 Å². The van der Waals surface area contributed by atoms with Gasteiger partial charge in [0.15, 0.2) is 6.10 Å². The quantitative estimate of drug-likeness (QED) is 0.0346. The molecule has 0 aromatic heterocycles. The molecule has 0 aromatic rings. The van der Waals surface area contributed by atoms with Crippen molar-refractivity contribution < 1.29 is 23.8 Å². The first-order chi connectivity index (χ1) is 31.6. The number of hydrogen-bond donors (Lipinski definition) is 0. The van der Waals surface area contributed by atoms with E-state index in [2.05, 4.69) is 45.1 Å². The minimum absolute atomic E-state index is 0.0866. The van der Waals surface area contributed by atoms with Crippen molar-refractivity contribution in [2.24, 2.45) is 0 Å². The maximum Gasteiger partial charge on any atom is 0.306 e. The summed E-state index contributed by atoms with van der Waals surface area (Å²) in [4.78, 5) is 25.5. The average Bonchev–Trinajstić information content (AvgIpc) is 3.30. The summed E-state index contributed by atoms with van der Waals surface area (Å²) in [6.45, 7) is 7.87. The van der Waals surface area contributed by atoms with Crippen molar-refractivity contribution in [2.75, 3.05) is 19.8 Å². The van der Waals surface area contributed by atoms with Crippen LogP contribution in [-0.2, 0) is 23.8 Å². The number of carbonyl (C=O) groups excluding carboxylic acids is 2. The number of hydrogen-bond acceptors (Lipinski definition) is 5. The first-order valence-electron chi connectivity index (χ1n) is 28.9. The highest BCUT2D eigenvalue weighted by Crippen LogP contribution is 2.16. The predicted octanol–water partition coefficient (Wildman–Crippen LogP) is 19.6. The van der Waals surface area contributed by atoms with Crippen LogP contribution >= 0.6 is 0 Å². The molecule has 0 saturated heterocycles. The zero-order valence-electron chi connectivity index (χ0n) is 43.6. The van der Waals surface area contributed by atoms with Crippen LogP contribution in [0.1, 0.15) is 316 Å². The van der Waals surface area contributed by atoms with Gasteiger partial charge in [-0.1, -0.05) is 257 Å². The summed E-state index contributed by atoms with van der Waals surface area (Å²) in [5, 5.41) is 0. The molecule has 64 heavy (non-hydrogen) atoms. The van der Waals surface area contributed by atoms with Gasteiger partial charge in [-0.3, -0.25) is 9.59 Å². The Morgan fingerprint density at radius 1 is 0.328 bits per heavy atom. The van der Waals surface area contributed by atoms with Crippen molar-refractivity contribution in [3.8, 4) is 0 Å². The van der Waals surface area contributed by atoms with Crippen molar-refractivity contribution in [1.82, 2.24) is 0 Å². The normalized spacial score (nSPS) is 12.2. The predicted molar refractivity (Wildman–Crippen MR) is 279 cm³/mol. The lowest BCUT2D eigenvalue weighted by atomic mass is 10.0. The van der Waals surface area contributed by atoms with Gasteiger partial charge in [0.2, 0.25) is 0 Å². The monoisotopic (exact) mass is 901 g/mol. The number of unbranched alkanes of at least 4 members (excludes halogenated alkanes) is 39. The van der Waals surface area contributed by atoms with Crippen LogP contribution in [0.4, 0.5) is 0 Å². The van der Waals surface area contributed by atoms with Crippen LogP contribution in [-0.4, -0.2) is 37.9 Å². The first-order valence-corrected chi connectivity index (χ1v) is 28.9. The second-order valence-electron chi connectivity index (χ2n) is 19.5. The maximum absolute atomic E-state index is 12.8. The van der Waals surface area contributed by atoms with Crippen LogP contribution in [0, 0.1) is 0 Å². The molecule has 0 N–H and O–H groups in total. The molecule has 0 aliphatic heterocycles. The van der Waals surface area contributed by atoms with Gasteiger partial charge >= 0.3 is 11.9 Å². The van der Waals surface area contributed by atoms with E-state index in [1.807, 2.05) is 0 Å². The first kappa shape index (κ1) is 62.4. The van der Waals surface area contributed by atoms with Crippen LogP contribution in [0.3, 0.4) is 0 Å². The third-order valence-electron chi connectivity index (χ3n) is 13.0. The lowest BCUT2D eigenvalue weighted by molar-refractivity contribution is -0.163. The fourth-order valence-corrected chi connectivity index (χ4v) is 8.62. The molecule has 1 atom stereocenters. The van der Waals surface area contributed by atoms with Gasteiger partial charge in [0.05, 0.1) is 6.61 Å². The molecule has 0 aliphatic rings. The van der Waals surface area contributed by atoms with Crippen LogP contribution in [0.5, 0.6) is 0 Å². The Labute approximate surface area is 400 Å². The van der Waals surface area contributed by atoms with Crippen molar-refractivity contribution in [1.29, 1.82) is 0 Å². The summed E-state index contributed by atoms with van der Waals surface area (Å²) in [6, 6.07) is 0. The van der Waals surface area contributed by atoms with E-state index in [4.69, 9.17) is 14.2 Å². The number of carbonyl (C=O) groups is 2. The maximum atomic E-state index is 12.8. The molecule has 0 heterocycles. The zero-order valence-corrected chi connectivity index (χ0v) is 43.6. The van der Waals surface area contributed by atoms with E-state index in [0.717, 1.165) is 44.9 Å². The van der Waals surface area contributed by atoms with Crippen LogP contribution < -0.4 is 0 Å². The Kier molecular flexibility index (Phi) is 54.3. The third kappa shape index (κ3) is 53.0. The average molecular weight is 902 g/mol. The van der Waals surface area contributed by atoms with Crippen molar-refractivity contribution in [2.45, 2.75) is 322 Å². The SMILES string of the molecule is CCCCCCCC/C=C\CCCCCCCCCC(=O)OCC(COCCCCCCCCCCCCCCCCCC)OC(=O)CCCCCCC/C=C\CCCCCCCC. The summed E-state index contributed by atoms with van der Waals surface area (Å²) in [5.74, 6) is -0.391. The Bertz CT molecular complexity index is 974. The molecular weight excluding hydrogens is 789 g/mol. The van der Waals surface area contributed by atoms with E-state index in [-0.39, 0.29) is 18.5 Å². The molecule has 0 bridgehead atoms. The van der Waals surface area contributed by atoms with Gasteiger partial charge in [0.25, 0.3) is 0 Å². The number of ether oxygens (including phenoxy) is 3. The van der Waals surface area contributed by atoms with Crippen molar-refractivity contribution in [3.63, 3.8) is 0 Å². The topological polar surface area (TPSA) is 61.8 Å². The molecule has 0 saturated carbocycles. The molecule has 0 aliphatic carbocycles. The Hall–Kier alpha value is -1.62. The van der Waals surface area contributed by atoms with Gasteiger partial charge in [-0.05, 0) is 70.6 Å². The Morgan fingerprint density at radius 3 is 0.953 bits per heavy atom. The van der Waals surface area contributed by atoms with E-state index in [1.165, 1.54) is 238 Å². The smallest absolute Gasteiger partial charge is 0.306 e. The summed E-state index contributed by atoms with van der Waals surface area (Å²) in [7, 11) is 0. The molecule has 378 valence electrons. The highest BCUT2D eigenvalue weighted by atomic mass is 16.6. The molecule has 5 heteroatoms. The van der Waals surface area contributed by atoms with Gasteiger partial charge in [-0.2, -0.15) is 0 Å². The Morgan fingerprint density at radius 2 is 0.609 bits per heavy atom. The van der Waals surface area contributed by atoms with Crippen LogP contribution in [0.25, 0.3) is 0 Å². The van der Waals surface area contributed by atoms with Gasteiger partial charge < -0.3 is 14.2 Å². The summed E-state index contributed by atoms with van der Waals surface area (Å²) >= 11 is 0. The number of esters is 2. The summed E-state index contributed by atoms with van der Waals surface area (Å²) < 4.78 is 17.5. The fraction of sp³-hybridized carbons (Fsp3) is 0.898. The van der Waals surface area contributed by atoms with Crippen molar-refractivity contribution >= 4 is 11.9 Å².